The van der Waals surface area contributed by atoms with Crippen LogP contribution in [-0.2, 0) is 6.54 Å². The maximum Gasteiger partial charge on any atom is 0.273 e. The molecule has 17 heavy (non-hydrogen) atoms. The molecule has 0 bridgehead atoms. The average molecular weight is 255 g/mol. The molecule has 1 saturated carbocycles. The highest BCUT2D eigenvalue weighted by atomic mass is 35.5. The Hall–Kier alpha value is -1.13. The number of benzene rings is 1. The minimum absolute atomic E-state index is 0.129. The summed E-state index contributed by atoms with van der Waals surface area (Å²) in [4.78, 5) is 10.5. The first kappa shape index (κ1) is 12.3. The van der Waals surface area contributed by atoms with Crippen LogP contribution in [0.4, 0.5) is 5.69 Å². The van der Waals surface area contributed by atoms with E-state index < -0.39 is 0 Å². The van der Waals surface area contributed by atoms with Gasteiger partial charge in [0, 0.05) is 28.7 Å². The van der Waals surface area contributed by atoms with Gasteiger partial charge < -0.3 is 5.32 Å². The van der Waals surface area contributed by atoms with Gasteiger partial charge in [-0.2, -0.15) is 0 Å². The smallest absolute Gasteiger partial charge is 0.273 e. The van der Waals surface area contributed by atoms with Gasteiger partial charge in [-0.05, 0) is 38.3 Å². The van der Waals surface area contributed by atoms with Crippen molar-refractivity contribution >= 4 is 17.3 Å². The molecule has 5 heteroatoms. The Morgan fingerprint density at radius 2 is 2.24 bits per heavy atom. The summed E-state index contributed by atoms with van der Waals surface area (Å²) >= 11 is 5.87. The Kier molecular flexibility index (Phi) is 3.35. The minimum Gasteiger partial charge on any atom is -0.307 e. The molecule has 0 radical (unpaired) electrons. The van der Waals surface area contributed by atoms with Crippen LogP contribution >= 0.6 is 11.6 Å². The van der Waals surface area contributed by atoms with Crippen molar-refractivity contribution < 1.29 is 4.92 Å². The minimum atomic E-state index is -0.365. The molecule has 0 saturated heterocycles. The van der Waals surface area contributed by atoms with Gasteiger partial charge in [0.15, 0.2) is 0 Å². The van der Waals surface area contributed by atoms with E-state index in [1.807, 2.05) is 0 Å². The van der Waals surface area contributed by atoms with E-state index in [0.717, 1.165) is 12.8 Å². The summed E-state index contributed by atoms with van der Waals surface area (Å²) < 4.78 is 0. The lowest BCUT2D eigenvalue weighted by atomic mass is 9.78. The van der Waals surface area contributed by atoms with Crippen LogP contribution in [0.15, 0.2) is 18.2 Å². The molecule has 1 aromatic rings. The highest BCUT2D eigenvalue weighted by Crippen LogP contribution is 2.32. The quantitative estimate of drug-likeness (QED) is 0.663. The molecular weight excluding hydrogens is 240 g/mol. The highest BCUT2D eigenvalue weighted by molar-refractivity contribution is 6.30. The third kappa shape index (κ3) is 2.76. The predicted molar refractivity (Wildman–Crippen MR) is 67.2 cm³/mol. The fraction of sp³-hybridized carbons (Fsp3) is 0.500. The molecule has 0 unspecified atom stereocenters. The van der Waals surface area contributed by atoms with Crippen LogP contribution in [-0.4, -0.2) is 10.5 Å². The molecule has 2 rings (SSSR count). The second-order valence-corrected chi connectivity index (χ2v) is 5.23. The first-order chi connectivity index (χ1) is 8.00. The van der Waals surface area contributed by atoms with Gasteiger partial charge in [0.2, 0.25) is 0 Å². The Morgan fingerprint density at radius 3 is 2.76 bits per heavy atom. The monoisotopic (exact) mass is 254 g/mol. The van der Waals surface area contributed by atoms with Gasteiger partial charge >= 0.3 is 0 Å². The van der Waals surface area contributed by atoms with Crippen molar-refractivity contribution in [2.75, 3.05) is 0 Å². The number of nitro groups is 1. The number of nitro benzene ring substituents is 1. The van der Waals surface area contributed by atoms with E-state index in [-0.39, 0.29) is 16.1 Å². The van der Waals surface area contributed by atoms with Crippen LogP contribution in [0.25, 0.3) is 0 Å². The maximum atomic E-state index is 10.9. The van der Waals surface area contributed by atoms with Gasteiger partial charge in [-0.15, -0.1) is 0 Å². The van der Waals surface area contributed by atoms with E-state index in [4.69, 9.17) is 11.6 Å². The molecular formula is C12H15ClN2O2. The lowest BCUT2D eigenvalue weighted by Gasteiger charge is -2.39. The lowest BCUT2D eigenvalue weighted by molar-refractivity contribution is -0.385. The summed E-state index contributed by atoms with van der Waals surface area (Å²) in [6, 6.07) is 4.67. The number of rotatable bonds is 4. The van der Waals surface area contributed by atoms with E-state index in [0.29, 0.717) is 17.1 Å². The zero-order chi connectivity index (χ0) is 12.5. The molecule has 1 aliphatic rings. The Labute approximate surface area is 105 Å². The Bertz CT molecular complexity index is 444. The first-order valence-corrected chi connectivity index (χ1v) is 6.06. The van der Waals surface area contributed by atoms with Crippen molar-refractivity contribution in [2.24, 2.45) is 0 Å². The van der Waals surface area contributed by atoms with Crippen molar-refractivity contribution in [1.82, 2.24) is 5.32 Å². The molecule has 1 aromatic carbocycles. The predicted octanol–water partition coefficient (Wildman–Crippen LogP) is 3.28. The van der Waals surface area contributed by atoms with Crippen molar-refractivity contribution in [3.05, 3.63) is 38.9 Å². The molecule has 0 spiro atoms. The van der Waals surface area contributed by atoms with Crippen LogP contribution in [0.1, 0.15) is 31.7 Å². The van der Waals surface area contributed by atoms with Crippen LogP contribution < -0.4 is 5.32 Å². The summed E-state index contributed by atoms with van der Waals surface area (Å²) in [7, 11) is 0. The van der Waals surface area contributed by atoms with Gasteiger partial charge in [-0.1, -0.05) is 11.6 Å². The van der Waals surface area contributed by atoms with Gasteiger partial charge in [0.25, 0.3) is 5.69 Å². The molecule has 0 aromatic heterocycles. The van der Waals surface area contributed by atoms with Gasteiger partial charge in [-0.25, -0.2) is 0 Å². The van der Waals surface area contributed by atoms with Crippen molar-refractivity contribution in [3.63, 3.8) is 0 Å². The zero-order valence-electron chi connectivity index (χ0n) is 9.70. The lowest BCUT2D eigenvalue weighted by Crippen LogP contribution is -2.47. The summed E-state index contributed by atoms with van der Waals surface area (Å²) in [6.07, 6.45) is 3.48. The fourth-order valence-corrected chi connectivity index (χ4v) is 2.26. The zero-order valence-corrected chi connectivity index (χ0v) is 10.5. The third-order valence-corrected chi connectivity index (χ3v) is 3.64. The summed E-state index contributed by atoms with van der Waals surface area (Å²) in [5.41, 5.74) is 0.913. The molecule has 1 aliphatic carbocycles. The Morgan fingerprint density at radius 1 is 1.53 bits per heavy atom. The molecule has 0 heterocycles. The summed E-state index contributed by atoms with van der Waals surface area (Å²) in [5, 5.41) is 14.8. The number of halogens is 1. The second-order valence-electron chi connectivity index (χ2n) is 4.80. The molecule has 0 atom stereocenters. The van der Waals surface area contributed by atoms with Crippen LogP contribution in [0, 0.1) is 10.1 Å². The topological polar surface area (TPSA) is 55.2 Å². The van der Waals surface area contributed by atoms with E-state index in [1.165, 1.54) is 12.5 Å². The molecule has 4 nitrogen and oxygen atoms in total. The van der Waals surface area contributed by atoms with Crippen molar-refractivity contribution in [3.8, 4) is 0 Å². The van der Waals surface area contributed by atoms with E-state index >= 15 is 0 Å². The molecule has 92 valence electrons. The summed E-state index contributed by atoms with van der Waals surface area (Å²) in [5.74, 6) is 0. The van der Waals surface area contributed by atoms with Crippen LogP contribution in [0.3, 0.4) is 0 Å². The van der Waals surface area contributed by atoms with Gasteiger partial charge in [0.05, 0.1) is 4.92 Å². The second kappa shape index (κ2) is 4.63. The van der Waals surface area contributed by atoms with E-state index in [2.05, 4.69) is 12.2 Å². The molecule has 0 aliphatic heterocycles. The molecule has 0 amide bonds. The number of hydrogen-bond acceptors (Lipinski definition) is 3. The molecule has 1 fully saturated rings. The average Bonchev–Trinajstić information content (AvgIpc) is 2.23. The van der Waals surface area contributed by atoms with Crippen molar-refractivity contribution in [2.45, 2.75) is 38.3 Å². The summed E-state index contributed by atoms with van der Waals surface area (Å²) in [6.45, 7) is 2.64. The normalized spacial score (nSPS) is 17.5. The SMILES string of the molecule is CC1(NCc2cc(Cl)ccc2[N+](=O)[O-])CCC1. The number of nitrogens with one attached hydrogen (secondary N) is 1. The van der Waals surface area contributed by atoms with E-state index in [9.17, 15) is 10.1 Å². The third-order valence-electron chi connectivity index (χ3n) is 3.40. The number of hydrogen-bond donors (Lipinski definition) is 1. The standard InChI is InChI=1S/C12H15ClN2O2/c1-12(5-2-6-12)14-8-9-7-10(13)3-4-11(9)15(16)17/h3-4,7,14H,2,5-6,8H2,1H3. The van der Waals surface area contributed by atoms with Crippen molar-refractivity contribution in [1.29, 1.82) is 0 Å². The largest absolute Gasteiger partial charge is 0.307 e. The van der Waals surface area contributed by atoms with Gasteiger partial charge in [0.1, 0.15) is 0 Å². The first-order valence-electron chi connectivity index (χ1n) is 5.68. The maximum absolute atomic E-state index is 10.9. The van der Waals surface area contributed by atoms with Gasteiger partial charge in [-0.3, -0.25) is 10.1 Å². The Balaban J connectivity index is 2.13. The van der Waals surface area contributed by atoms with Crippen LogP contribution in [0.5, 0.6) is 0 Å². The van der Waals surface area contributed by atoms with Crippen LogP contribution in [0.2, 0.25) is 5.02 Å². The highest BCUT2D eigenvalue weighted by Gasteiger charge is 2.31. The van der Waals surface area contributed by atoms with E-state index in [1.54, 1.807) is 12.1 Å². The fourth-order valence-electron chi connectivity index (χ4n) is 2.07. The molecule has 1 N–H and O–H groups in total. The number of nitrogens with zero attached hydrogens (tertiary/aromatic N) is 1.